The molecule has 0 saturated heterocycles. The summed E-state index contributed by atoms with van der Waals surface area (Å²) >= 11 is 5.79. The first-order valence-electron chi connectivity index (χ1n) is 3.98. The van der Waals surface area contributed by atoms with Crippen LogP contribution in [-0.4, -0.2) is 5.11 Å². The van der Waals surface area contributed by atoms with Gasteiger partial charge in [0.25, 0.3) is 0 Å². The standard InChI is InChI=1S/C11H11ClO/c1-3-7-11(2,13)9-5-4-6-10(12)8-9/h1,4-6,8,13H,7H2,2H3/t11-/m1/s1. The van der Waals surface area contributed by atoms with E-state index in [9.17, 15) is 5.11 Å². The van der Waals surface area contributed by atoms with E-state index in [-0.39, 0.29) is 6.42 Å². The summed E-state index contributed by atoms with van der Waals surface area (Å²) in [5.41, 5.74) is -0.238. The molecule has 0 heterocycles. The summed E-state index contributed by atoms with van der Waals surface area (Å²) in [5, 5.41) is 10.5. The van der Waals surface area contributed by atoms with Gasteiger partial charge in [0.2, 0.25) is 0 Å². The van der Waals surface area contributed by atoms with Gasteiger partial charge in [-0.05, 0) is 24.6 Å². The van der Waals surface area contributed by atoms with Crippen LogP contribution in [0.25, 0.3) is 0 Å². The molecule has 1 atom stereocenters. The van der Waals surface area contributed by atoms with Crippen LogP contribution in [0, 0.1) is 12.3 Å². The molecule has 1 aromatic rings. The van der Waals surface area contributed by atoms with E-state index < -0.39 is 5.60 Å². The van der Waals surface area contributed by atoms with Crippen molar-refractivity contribution in [3.05, 3.63) is 34.9 Å². The van der Waals surface area contributed by atoms with E-state index in [1.54, 1.807) is 25.1 Å². The van der Waals surface area contributed by atoms with Crippen LogP contribution in [0.15, 0.2) is 24.3 Å². The summed E-state index contributed by atoms with van der Waals surface area (Å²) in [6.45, 7) is 1.68. The third kappa shape index (κ3) is 2.48. The fourth-order valence-corrected chi connectivity index (χ4v) is 1.31. The van der Waals surface area contributed by atoms with Gasteiger partial charge in [-0.15, -0.1) is 12.3 Å². The van der Waals surface area contributed by atoms with Crippen molar-refractivity contribution < 1.29 is 5.11 Å². The number of hydrogen-bond acceptors (Lipinski definition) is 1. The van der Waals surface area contributed by atoms with Crippen LogP contribution < -0.4 is 0 Å². The summed E-state index contributed by atoms with van der Waals surface area (Å²) in [4.78, 5) is 0. The first kappa shape index (κ1) is 10.1. The lowest BCUT2D eigenvalue weighted by Crippen LogP contribution is -2.19. The second kappa shape index (κ2) is 3.83. The molecule has 1 rings (SSSR count). The molecule has 0 amide bonds. The summed E-state index contributed by atoms with van der Waals surface area (Å²) in [6, 6.07) is 7.09. The average Bonchev–Trinajstić information content (AvgIpc) is 2.04. The first-order valence-corrected chi connectivity index (χ1v) is 4.36. The van der Waals surface area contributed by atoms with Crippen LogP contribution in [-0.2, 0) is 5.60 Å². The SMILES string of the molecule is C#CC[C@@](C)(O)c1cccc(Cl)c1. The van der Waals surface area contributed by atoms with Crippen molar-refractivity contribution in [2.24, 2.45) is 0 Å². The van der Waals surface area contributed by atoms with E-state index in [0.29, 0.717) is 5.02 Å². The van der Waals surface area contributed by atoms with Crippen LogP contribution in [0.5, 0.6) is 0 Å². The average molecular weight is 195 g/mol. The normalized spacial score (nSPS) is 14.6. The summed E-state index contributed by atoms with van der Waals surface area (Å²) < 4.78 is 0. The van der Waals surface area contributed by atoms with E-state index in [1.165, 1.54) is 0 Å². The molecule has 2 heteroatoms. The molecule has 1 N–H and O–H groups in total. The minimum atomic E-state index is -0.986. The van der Waals surface area contributed by atoms with Crippen molar-refractivity contribution in [3.8, 4) is 12.3 Å². The van der Waals surface area contributed by atoms with Gasteiger partial charge in [0.1, 0.15) is 0 Å². The van der Waals surface area contributed by atoms with E-state index in [2.05, 4.69) is 5.92 Å². The van der Waals surface area contributed by atoms with Crippen LogP contribution in [0.4, 0.5) is 0 Å². The predicted molar refractivity (Wildman–Crippen MR) is 54.5 cm³/mol. The van der Waals surface area contributed by atoms with Crippen molar-refractivity contribution in [2.75, 3.05) is 0 Å². The molecule has 0 aliphatic heterocycles. The zero-order valence-corrected chi connectivity index (χ0v) is 8.17. The minimum Gasteiger partial charge on any atom is -0.384 e. The minimum absolute atomic E-state index is 0.285. The Labute approximate surface area is 83.4 Å². The Morgan fingerprint density at radius 1 is 1.62 bits per heavy atom. The molecule has 0 unspecified atom stereocenters. The van der Waals surface area contributed by atoms with Gasteiger partial charge in [0, 0.05) is 11.4 Å². The lowest BCUT2D eigenvalue weighted by atomic mass is 9.93. The molecule has 0 radical (unpaired) electrons. The van der Waals surface area contributed by atoms with Gasteiger partial charge in [-0.2, -0.15) is 0 Å². The van der Waals surface area contributed by atoms with Gasteiger partial charge in [0.05, 0.1) is 5.60 Å². The van der Waals surface area contributed by atoms with Gasteiger partial charge in [-0.25, -0.2) is 0 Å². The van der Waals surface area contributed by atoms with Crippen molar-refractivity contribution in [1.82, 2.24) is 0 Å². The molecule has 0 saturated carbocycles. The second-order valence-electron chi connectivity index (χ2n) is 3.17. The maximum Gasteiger partial charge on any atom is 0.0977 e. The summed E-state index contributed by atoms with van der Waals surface area (Å²) in [6.07, 6.45) is 5.43. The highest BCUT2D eigenvalue weighted by atomic mass is 35.5. The fourth-order valence-electron chi connectivity index (χ4n) is 1.12. The molecule has 1 nitrogen and oxygen atoms in total. The number of terminal acetylenes is 1. The molecule has 0 spiro atoms. The molecule has 0 aliphatic rings. The maximum absolute atomic E-state index is 9.91. The van der Waals surface area contributed by atoms with E-state index in [0.717, 1.165) is 5.56 Å². The lowest BCUT2D eigenvalue weighted by Gasteiger charge is -2.21. The number of halogens is 1. The predicted octanol–water partition coefficient (Wildman–Crippen LogP) is 2.57. The van der Waals surface area contributed by atoms with Crippen molar-refractivity contribution >= 4 is 11.6 Å². The van der Waals surface area contributed by atoms with Crippen LogP contribution in [0.3, 0.4) is 0 Å². The number of hydrogen-bond donors (Lipinski definition) is 1. The third-order valence-corrected chi connectivity index (χ3v) is 2.13. The monoisotopic (exact) mass is 194 g/mol. The molecular formula is C11H11ClO. The van der Waals surface area contributed by atoms with E-state index in [1.807, 2.05) is 6.07 Å². The Hall–Kier alpha value is -0.970. The molecule has 0 aromatic heterocycles. The Balaban J connectivity index is 3.01. The Kier molecular flexibility index (Phi) is 2.98. The molecule has 0 aliphatic carbocycles. The highest BCUT2D eigenvalue weighted by molar-refractivity contribution is 6.30. The third-order valence-electron chi connectivity index (χ3n) is 1.89. The van der Waals surface area contributed by atoms with E-state index >= 15 is 0 Å². The van der Waals surface area contributed by atoms with Gasteiger partial charge < -0.3 is 5.11 Å². The molecule has 1 aromatic carbocycles. The van der Waals surface area contributed by atoms with Crippen LogP contribution >= 0.6 is 11.6 Å². The van der Waals surface area contributed by atoms with E-state index in [4.69, 9.17) is 18.0 Å². The summed E-state index contributed by atoms with van der Waals surface area (Å²) in [5.74, 6) is 2.43. The second-order valence-corrected chi connectivity index (χ2v) is 3.60. The number of aliphatic hydroxyl groups is 1. The Morgan fingerprint density at radius 2 is 2.31 bits per heavy atom. The highest BCUT2D eigenvalue weighted by Gasteiger charge is 2.21. The van der Waals surface area contributed by atoms with Gasteiger partial charge >= 0.3 is 0 Å². The van der Waals surface area contributed by atoms with Gasteiger partial charge in [-0.1, -0.05) is 23.7 Å². The van der Waals surface area contributed by atoms with Crippen LogP contribution in [0.1, 0.15) is 18.9 Å². The largest absolute Gasteiger partial charge is 0.384 e. The lowest BCUT2D eigenvalue weighted by molar-refractivity contribution is 0.0630. The van der Waals surface area contributed by atoms with Crippen LogP contribution in [0.2, 0.25) is 5.02 Å². The van der Waals surface area contributed by atoms with Crippen molar-refractivity contribution in [2.45, 2.75) is 18.9 Å². The fraction of sp³-hybridized carbons (Fsp3) is 0.273. The van der Waals surface area contributed by atoms with Gasteiger partial charge in [-0.3, -0.25) is 0 Å². The Bertz CT molecular complexity index is 336. The molecule has 0 bridgehead atoms. The highest BCUT2D eigenvalue weighted by Crippen LogP contribution is 2.25. The maximum atomic E-state index is 9.91. The van der Waals surface area contributed by atoms with Crippen molar-refractivity contribution in [3.63, 3.8) is 0 Å². The number of benzene rings is 1. The first-order chi connectivity index (χ1) is 6.06. The summed E-state index contributed by atoms with van der Waals surface area (Å²) in [7, 11) is 0. The molecular weight excluding hydrogens is 184 g/mol. The smallest absolute Gasteiger partial charge is 0.0977 e. The topological polar surface area (TPSA) is 20.2 Å². The van der Waals surface area contributed by atoms with Crippen molar-refractivity contribution in [1.29, 1.82) is 0 Å². The molecule has 0 fully saturated rings. The number of rotatable bonds is 2. The zero-order valence-electron chi connectivity index (χ0n) is 7.42. The molecule has 68 valence electrons. The quantitative estimate of drug-likeness (QED) is 0.718. The molecule has 13 heavy (non-hydrogen) atoms. The Morgan fingerprint density at radius 3 is 2.85 bits per heavy atom. The zero-order chi connectivity index (χ0) is 9.90. The van der Waals surface area contributed by atoms with Gasteiger partial charge in [0.15, 0.2) is 0 Å².